The second-order valence-corrected chi connectivity index (χ2v) is 6.14. The zero-order valence-corrected chi connectivity index (χ0v) is 13.7. The summed E-state index contributed by atoms with van der Waals surface area (Å²) >= 11 is 0. The van der Waals surface area contributed by atoms with Gasteiger partial charge in [-0.15, -0.1) is 0 Å². The van der Waals surface area contributed by atoms with Gasteiger partial charge in [-0.05, 0) is 26.3 Å². The Morgan fingerprint density at radius 1 is 1.17 bits per heavy atom. The van der Waals surface area contributed by atoms with Crippen LogP contribution >= 0.6 is 0 Å². The molecular weight excluding hydrogens is 323 g/mol. The van der Waals surface area contributed by atoms with Crippen LogP contribution in [0.5, 0.6) is 0 Å². The third-order valence-corrected chi connectivity index (χ3v) is 2.79. The van der Waals surface area contributed by atoms with Crippen molar-refractivity contribution in [2.45, 2.75) is 45.0 Å². The van der Waals surface area contributed by atoms with Crippen LogP contribution in [0.1, 0.15) is 26.3 Å². The predicted molar refractivity (Wildman–Crippen MR) is 83.1 cm³/mol. The molecule has 0 saturated carbocycles. The minimum atomic E-state index is -4.95. The van der Waals surface area contributed by atoms with Crippen molar-refractivity contribution in [2.75, 3.05) is 0 Å². The van der Waals surface area contributed by atoms with Gasteiger partial charge in [0, 0.05) is 18.7 Å². The highest BCUT2D eigenvalue weighted by atomic mass is 19.4. The SMILES string of the molecule is CC(C)(C)OC(=O)C(Cc1ccccc1)N/C=C/C(=O)C(F)(F)F. The first-order valence-corrected chi connectivity index (χ1v) is 7.29. The quantitative estimate of drug-likeness (QED) is 0.637. The Bertz CT molecular complexity index is 589. The second-order valence-electron chi connectivity index (χ2n) is 6.14. The summed E-state index contributed by atoms with van der Waals surface area (Å²) in [7, 11) is 0. The second kappa shape index (κ2) is 7.99. The number of rotatable bonds is 6. The molecule has 1 unspecified atom stereocenters. The van der Waals surface area contributed by atoms with Crippen LogP contribution in [-0.2, 0) is 20.7 Å². The molecule has 1 aromatic rings. The van der Waals surface area contributed by atoms with E-state index in [9.17, 15) is 22.8 Å². The average Bonchev–Trinajstić information content (AvgIpc) is 2.44. The number of hydrogen-bond donors (Lipinski definition) is 1. The largest absolute Gasteiger partial charge is 0.458 e. The van der Waals surface area contributed by atoms with Gasteiger partial charge in [-0.1, -0.05) is 30.3 Å². The summed E-state index contributed by atoms with van der Waals surface area (Å²) in [5.74, 6) is -2.62. The van der Waals surface area contributed by atoms with Crippen molar-refractivity contribution < 1.29 is 27.5 Å². The van der Waals surface area contributed by atoms with Gasteiger partial charge in [-0.25, -0.2) is 4.79 Å². The number of carbonyl (C=O) groups is 2. The molecule has 0 aromatic heterocycles. The molecule has 1 N–H and O–H groups in total. The number of allylic oxidation sites excluding steroid dienone is 1. The number of ether oxygens (including phenoxy) is 1. The molecular formula is C17H20F3NO3. The Morgan fingerprint density at radius 3 is 2.25 bits per heavy atom. The van der Waals surface area contributed by atoms with Gasteiger partial charge in [0.25, 0.3) is 5.78 Å². The summed E-state index contributed by atoms with van der Waals surface area (Å²) in [6, 6.07) is 8.02. The molecule has 132 valence electrons. The number of esters is 1. The molecule has 4 nitrogen and oxygen atoms in total. The number of ketones is 1. The zero-order valence-electron chi connectivity index (χ0n) is 13.7. The van der Waals surface area contributed by atoms with E-state index in [2.05, 4.69) is 5.32 Å². The highest BCUT2D eigenvalue weighted by molar-refractivity contribution is 5.94. The van der Waals surface area contributed by atoms with Crippen molar-refractivity contribution in [2.24, 2.45) is 0 Å². The summed E-state index contributed by atoms with van der Waals surface area (Å²) < 4.78 is 41.8. The standard InChI is InChI=1S/C17H20F3NO3/c1-16(2,3)24-15(23)13(11-12-7-5-4-6-8-12)21-10-9-14(22)17(18,19)20/h4-10,13,21H,11H2,1-3H3/b10-9+. The summed E-state index contributed by atoms with van der Waals surface area (Å²) in [6.07, 6.45) is -3.56. The van der Waals surface area contributed by atoms with Crippen molar-refractivity contribution in [1.82, 2.24) is 5.32 Å². The smallest absolute Gasteiger partial charge is 0.454 e. The fourth-order valence-corrected chi connectivity index (χ4v) is 1.77. The molecule has 0 aliphatic carbocycles. The van der Waals surface area contributed by atoms with Crippen LogP contribution in [0.3, 0.4) is 0 Å². The third-order valence-electron chi connectivity index (χ3n) is 2.79. The van der Waals surface area contributed by atoms with E-state index in [-0.39, 0.29) is 6.42 Å². The van der Waals surface area contributed by atoms with Gasteiger partial charge < -0.3 is 10.1 Å². The predicted octanol–water partition coefficient (Wildman–Crippen LogP) is 3.17. The van der Waals surface area contributed by atoms with E-state index in [4.69, 9.17) is 4.74 Å². The van der Waals surface area contributed by atoms with Crippen LogP contribution < -0.4 is 5.32 Å². The topological polar surface area (TPSA) is 55.4 Å². The minimum absolute atomic E-state index is 0.209. The van der Waals surface area contributed by atoms with E-state index in [0.717, 1.165) is 11.8 Å². The minimum Gasteiger partial charge on any atom is -0.458 e. The lowest BCUT2D eigenvalue weighted by molar-refractivity contribution is -0.165. The van der Waals surface area contributed by atoms with Crippen molar-refractivity contribution in [3.63, 3.8) is 0 Å². The fraction of sp³-hybridized carbons (Fsp3) is 0.412. The van der Waals surface area contributed by atoms with Gasteiger partial charge >= 0.3 is 12.1 Å². The van der Waals surface area contributed by atoms with Crippen molar-refractivity contribution in [3.05, 3.63) is 48.2 Å². The van der Waals surface area contributed by atoms with E-state index in [1.165, 1.54) is 0 Å². The van der Waals surface area contributed by atoms with Gasteiger partial charge in [0.05, 0.1) is 0 Å². The lowest BCUT2D eigenvalue weighted by atomic mass is 10.1. The summed E-state index contributed by atoms with van der Waals surface area (Å²) in [5.41, 5.74) is 0.0653. The van der Waals surface area contributed by atoms with Crippen LogP contribution in [0.15, 0.2) is 42.6 Å². The average molecular weight is 343 g/mol. The first kappa shape index (κ1) is 19.7. The lowest BCUT2D eigenvalue weighted by Crippen LogP contribution is -2.40. The molecule has 0 fully saturated rings. The van der Waals surface area contributed by atoms with Gasteiger partial charge in [0.1, 0.15) is 11.6 Å². The monoisotopic (exact) mass is 343 g/mol. The fourth-order valence-electron chi connectivity index (χ4n) is 1.77. The molecule has 0 amide bonds. The van der Waals surface area contributed by atoms with E-state index in [1.54, 1.807) is 51.1 Å². The van der Waals surface area contributed by atoms with Crippen LogP contribution in [0.4, 0.5) is 13.2 Å². The number of halogens is 3. The molecule has 0 heterocycles. The normalized spacial score (nSPS) is 13.6. The molecule has 0 radical (unpaired) electrons. The van der Waals surface area contributed by atoms with Crippen LogP contribution in [0, 0.1) is 0 Å². The van der Waals surface area contributed by atoms with Crippen molar-refractivity contribution >= 4 is 11.8 Å². The molecule has 1 atom stereocenters. The first-order valence-electron chi connectivity index (χ1n) is 7.29. The molecule has 24 heavy (non-hydrogen) atoms. The highest BCUT2D eigenvalue weighted by Gasteiger charge is 2.36. The molecule has 0 spiro atoms. The Labute approximate surface area is 138 Å². The van der Waals surface area contributed by atoms with Gasteiger partial charge in [-0.3, -0.25) is 4.79 Å². The molecule has 0 aliphatic heterocycles. The van der Waals surface area contributed by atoms with Crippen molar-refractivity contribution in [1.29, 1.82) is 0 Å². The van der Waals surface area contributed by atoms with Gasteiger partial charge in [0.2, 0.25) is 0 Å². The third kappa shape index (κ3) is 7.30. The summed E-state index contributed by atoms with van der Waals surface area (Å²) in [5, 5.41) is 2.52. The Hall–Kier alpha value is -2.31. The maximum absolute atomic E-state index is 12.2. The Morgan fingerprint density at radius 2 is 1.75 bits per heavy atom. The molecule has 1 aromatic carbocycles. The van der Waals surface area contributed by atoms with Crippen molar-refractivity contribution in [3.8, 4) is 0 Å². The Kier molecular flexibility index (Phi) is 6.57. The lowest BCUT2D eigenvalue weighted by Gasteiger charge is -2.24. The highest BCUT2D eigenvalue weighted by Crippen LogP contribution is 2.16. The van der Waals surface area contributed by atoms with E-state index in [1.807, 2.05) is 0 Å². The molecule has 0 bridgehead atoms. The Balaban J connectivity index is 2.83. The number of benzene rings is 1. The number of hydrogen-bond acceptors (Lipinski definition) is 4. The molecule has 0 saturated heterocycles. The summed E-state index contributed by atoms with van der Waals surface area (Å²) in [4.78, 5) is 23.0. The zero-order chi connectivity index (χ0) is 18.4. The number of nitrogens with one attached hydrogen (secondary N) is 1. The number of alkyl halides is 3. The van der Waals surface area contributed by atoms with E-state index < -0.39 is 29.6 Å². The van der Waals surface area contributed by atoms with Crippen LogP contribution in [0.2, 0.25) is 0 Å². The maximum Gasteiger partial charge on any atom is 0.454 e. The molecule has 0 aliphatic rings. The van der Waals surface area contributed by atoms with Gasteiger partial charge in [0.15, 0.2) is 0 Å². The van der Waals surface area contributed by atoms with Crippen LogP contribution in [-0.4, -0.2) is 29.6 Å². The maximum atomic E-state index is 12.2. The van der Waals surface area contributed by atoms with E-state index >= 15 is 0 Å². The van der Waals surface area contributed by atoms with Crippen LogP contribution in [0.25, 0.3) is 0 Å². The number of carbonyl (C=O) groups excluding carboxylic acids is 2. The van der Waals surface area contributed by atoms with Gasteiger partial charge in [-0.2, -0.15) is 13.2 Å². The molecule has 1 rings (SSSR count). The first-order chi connectivity index (χ1) is 11.0. The van der Waals surface area contributed by atoms with E-state index in [0.29, 0.717) is 6.08 Å². The molecule has 7 heteroatoms. The summed E-state index contributed by atoms with van der Waals surface area (Å²) in [6.45, 7) is 5.06.